The molecule has 2 aromatic heterocycles. The van der Waals surface area contributed by atoms with Gasteiger partial charge in [0.05, 0.1) is 17.5 Å². The number of benzene rings is 2. The second-order valence-corrected chi connectivity index (χ2v) is 7.42. The Labute approximate surface area is 166 Å². The SMILES string of the molecule is Cc1ccc(-n2nnnc2SCC(=O)N[C@H](C)c2cc3ccccc3o2)cc1. The van der Waals surface area contributed by atoms with Gasteiger partial charge in [-0.2, -0.15) is 4.68 Å². The molecular weight excluding hydrogens is 374 g/mol. The molecule has 28 heavy (non-hydrogen) atoms. The highest BCUT2D eigenvalue weighted by Crippen LogP contribution is 2.24. The molecule has 4 aromatic rings. The lowest BCUT2D eigenvalue weighted by molar-refractivity contribution is -0.119. The number of para-hydroxylation sites is 1. The third-order valence-corrected chi connectivity index (χ3v) is 5.22. The summed E-state index contributed by atoms with van der Waals surface area (Å²) in [5, 5.41) is 16.3. The van der Waals surface area contributed by atoms with E-state index in [-0.39, 0.29) is 17.7 Å². The first-order valence-electron chi connectivity index (χ1n) is 8.86. The quantitative estimate of drug-likeness (QED) is 0.503. The molecular formula is C20H19N5O2S. The van der Waals surface area contributed by atoms with Crippen LogP contribution >= 0.6 is 11.8 Å². The van der Waals surface area contributed by atoms with E-state index >= 15 is 0 Å². The van der Waals surface area contributed by atoms with E-state index in [2.05, 4.69) is 20.8 Å². The maximum absolute atomic E-state index is 12.4. The Kier molecular flexibility index (Phi) is 5.12. The summed E-state index contributed by atoms with van der Waals surface area (Å²) >= 11 is 1.29. The van der Waals surface area contributed by atoms with E-state index in [4.69, 9.17) is 4.42 Å². The van der Waals surface area contributed by atoms with Gasteiger partial charge in [0.1, 0.15) is 11.3 Å². The molecule has 2 heterocycles. The summed E-state index contributed by atoms with van der Waals surface area (Å²) < 4.78 is 7.43. The number of nitrogens with zero attached hydrogens (tertiary/aromatic N) is 4. The molecule has 0 aliphatic rings. The summed E-state index contributed by atoms with van der Waals surface area (Å²) in [6, 6.07) is 17.4. The topological polar surface area (TPSA) is 85.8 Å². The second-order valence-electron chi connectivity index (χ2n) is 6.47. The first-order valence-corrected chi connectivity index (χ1v) is 9.85. The fourth-order valence-corrected chi connectivity index (χ4v) is 3.52. The minimum atomic E-state index is -0.228. The number of amides is 1. The number of thioether (sulfide) groups is 1. The van der Waals surface area contributed by atoms with Crippen LogP contribution < -0.4 is 5.32 Å². The number of carbonyl (C=O) groups is 1. The summed E-state index contributed by atoms with van der Waals surface area (Å²) in [6.07, 6.45) is 0. The van der Waals surface area contributed by atoms with Crippen molar-refractivity contribution in [1.29, 1.82) is 0 Å². The molecule has 1 amide bonds. The van der Waals surface area contributed by atoms with Crippen LogP contribution in [0.5, 0.6) is 0 Å². The molecule has 142 valence electrons. The van der Waals surface area contributed by atoms with Crippen LogP contribution in [0.4, 0.5) is 0 Å². The lowest BCUT2D eigenvalue weighted by Crippen LogP contribution is -2.28. The molecule has 0 bridgehead atoms. The van der Waals surface area contributed by atoms with Crippen molar-refractivity contribution < 1.29 is 9.21 Å². The highest BCUT2D eigenvalue weighted by Gasteiger charge is 2.16. The van der Waals surface area contributed by atoms with Crippen molar-refractivity contribution in [2.24, 2.45) is 0 Å². The zero-order valence-electron chi connectivity index (χ0n) is 15.5. The Morgan fingerprint density at radius 3 is 2.79 bits per heavy atom. The first kappa shape index (κ1) is 18.2. The number of aryl methyl sites for hydroxylation is 1. The van der Waals surface area contributed by atoms with Gasteiger partial charge in [0.2, 0.25) is 11.1 Å². The second kappa shape index (κ2) is 7.85. The molecule has 0 spiro atoms. The van der Waals surface area contributed by atoms with Crippen LogP contribution in [0.3, 0.4) is 0 Å². The normalized spacial score (nSPS) is 12.2. The van der Waals surface area contributed by atoms with Gasteiger partial charge in [-0.25, -0.2) is 0 Å². The van der Waals surface area contributed by atoms with Crippen molar-refractivity contribution in [2.75, 3.05) is 5.75 Å². The number of aromatic nitrogens is 4. The number of nitrogens with one attached hydrogen (secondary N) is 1. The smallest absolute Gasteiger partial charge is 0.231 e. The molecule has 0 aliphatic heterocycles. The fourth-order valence-electron chi connectivity index (χ4n) is 2.82. The van der Waals surface area contributed by atoms with E-state index in [9.17, 15) is 4.79 Å². The molecule has 8 heteroatoms. The number of rotatable bonds is 6. The van der Waals surface area contributed by atoms with Crippen molar-refractivity contribution >= 4 is 28.6 Å². The number of furan rings is 1. The number of hydrogen-bond donors (Lipinski definition) is 1. The minimum Gasteiger partial charge on any atom is -0.459 e. The van der Waals surface area contributed by atoms with E-state index < -0.39 is 0 Å². The van der Waals surface area contributed by atoms with Crippen molar-refractivity contribution in [1.82, 2.24) is 25.5 Å². The van der Waals surface area contributed by atoms with Gasteiger partial charge in [0.15, 0.2) is 0 Å². The van der Waals surface area contributed by atoms with Gasteiger partial charge in [-0.3, -0.25) is 4.79 Å². The third kappa shape index (κ3) is 3.91. The van der Waals surface area contributed by atoms with E-state index in [1.54, 1.807) is 4.68 Å². The molecule has 0 aliphatic carbocycles. The monoisotopic (exact) mass is 393 g/mol. The van der Waals surface area contributed by atoms with Crippen molar-refractivity contribution in [2.45, 2.75) is 25.0 Å². The Balaban J connectivity index is 1.38. The van der Waals surface area contributed by atoms with Crippen LogP contribution in [0, 0.1) is 6.92 Å². The lowest BCUT2D eigenvalue weighted by atomic mass is 10.2. The molecule has 2 aromatic carbocycles. The van der Waals surface area contributed by atoms with Crippen LogP contribution in [0.15, 0.2) is 64.2 Å². The van der Waals surface area contributed by atoms with E-state index in [1.165, 1.54) is 11.8 Å². The Bertz CT molecular complexity index is 1070. The average molecular weight is 393 g/mol. The van der Waals surface area contributed by atoms with E-state index in [0.717, 1.165) is 28.0 Å². The summed E-state index contributed by atoms with van der Waals surface area (Å²) in [4.78, 5) is 12.4. The molecule has 4 rings (SSSR count). The highest BCUT2D eigenvalue weighted by molar-refractivity contribution is 7.99. The predicted octanol–water partition coefficient (Wildman–Crippen LogP) is 3.69. The van der Waals surface area contributed by atoms with Gasteiger partial charge in [0, 0.05) is 5.39 Å². The molecule has 1 N–H and O–H groups in total. The van der Waals surface area contributed by atoms with Crippen molar-refractivity contribution in [3.63, 3.8) is 0 Å². The maximum atomic E-state index is 12.4. The van der Waals surface area contributed by atoms with Crippen LogP contribution in [0.25, 0.3) is 16.7 Å². The lowest BCUT2D eigenvalue weighted by Gasteiger charge is -2.11. The Morgan fingerprint density at radius 1 is 1.21 bits per heavy atom. The minimum absolute atomic E-state index is 0.114. The zero-order valence-corrected chi connectivity index (χ0v) is 16.3. The standard InChI is InChI=1S/C20H19N5O2S/c1-13-7-9-16(10-8-13)25-20(22-23-24-25)28-12-19(26)21-14(2)18-11-15-5-3-4-6-17(15)27-18/h3-11,14H,12H2,1-2H3,(H,21,26)/t14-/m1/s1. The summed E-state index contributed by atoms with van der Waals surface area (Å²) in [5.41, 5.74) is 2.82. The highest BCUT2D eigenvalue weighted by atomic mass is 32.2. The predicted molar refractivity (Wildman–Crippen MR) is 107 cm³/mol. The fraction of sp³-hybridized carbons (Fsp3) is 0.200. The Morgan fingerprint density at radius 2 is 2.00 bits per heavy atom. The largest absolute Gasteiger partial charge is 0.459 e. The van der Waals surface area contributed by atoms with Gasteiger partial charge in [-0.05, 0) is 48.5 Å². The summed E-state index contributed by atoms with van der Waals surface area (Å²) in [5.74, 6) is 0.817. The Hall–Kier alpha value is -3.13. The molecule has 0 saturated heterocycles. The third-order valence-electron chi connectivity index (χ3n) is 4.30. The van der Waals surface area contributed by atoms with Crippen LogP contribution in [0.1, 0.15) is 24.3 Å². The number of fused-ring (bicyclic) bond motifs is 1. The maximum Gasteiger partial charge on any atom is 0.231 e. The number of carbonyl (C=O) groups excluding carboxylic acids is 1. The van der Waals surface area contributed by atoms with Gasteiger partial charge < -0.3 is 9.73 Å². The van der Waals surface area contributed by atoms with Gasteiger partial charge in [-0.1, -0.05) is 47.7 Å². The average Bonchev–Trinajstić information content (AvgIpc) is 3.34. The van der Waals surface area contributed by atoms with Crippen molar-refractivity contribution in [3.8, 4) is 5.69 Å². The van der Waals surface area contributed by atoms with Crippen LogP contribution in [-0.2, 0) is 4.79 Å². The van der Waals surface area contributed by atoms with Gasteiger partial charge >= 0.3 is 0 Å². The molecule has 1 atom stereocenters. The van der Waals surface area contributed by atoms with Gasteiger partial charge in [0.25, 0.3) is 0 Å². The van der Waals surface area contributed by atoms with E-state index in [0.29, 0.717) is 5.16 Å². The summed E-state index contributed by atoms with van der Waals surface area (Å²) in [6.45, 7) is 3.92. The molecule has 0 unspecified atom stereocenters. The summed E-state index contributed by atoms with van der Waals surface area (Å²) in [7, 11) is 0. The first-order chi connectivity index (χ1) is 13.6. The van der Waals surface area contributed by atoms with Crippen LogP contribution in [0.2, 0.25) is 0 Å². The zero-order chi connectivity index (χ0) is 19.5. The van der Waals surface area contributed by atoms with Gasteiger partial charge in [-0.15, -0.1) is 5.10 Å². The number of tetrazole rings is 1. The van der Waals surface area contributed by atoms with E-state index in [1.807, 2.05) is 68.4 Å². The number of hydrogen-bond acceptors (Lipinski definition) is 6. The molecule has 0 radical (unpaired) electrons. The van der Waals surface area contributed by atoms with Crippen molar-refractivity contribution in [3.05, 3.63) is 65.9 Å². The molecule has 7 nitrogen and oxygen atoms in total. The molecule has 0 saturated carbocycles. The van der Waals surface area contributed by atoms with Crippen LogP contribution in [-0.4, -0.2) is 31.9 Å². The molecule has 0 fully saturated rings.